The summed E-state index contributed by atoms with van der Waals surface area (Å²) < 4.78 is 5.09. The summed E-state index contributed by atoms with van der Waals surface area (Å²) in [7, 11) is 2.29. The third-order valence-corrected chi connectivity index (χ3v) is 2.61. The van der Waals surface area contributed by atoms with E-state index >= 15 is 0 Å². The van der Waals surface area contributed by atoms with Crippen LogP contribution in [0.2, 0.25) is 0 Å². The molecule has 0 N–H and O–H groups in total. The van der Waals surface area contributed by atoms with E-state index in [2.05, 4.69) is 39.1 Å². The average molecular weight is 217 g/mol. The zero-order chi connectivity index (χ0) is 12.3. The molecule has 0 fully saturated rings. The molecule has 0 unspecified atom stereocenters. The van der Waals surface area contributed by atoms with E-state index in [9.17, 15) is 9.90 Å². The minimum absolute atomic E-state index is 0.00231. The molecular formula is C11H23NO3. The predicted molar refractivity (Wildman–Crippen MR) is 59.4 cm³/mol. The third kappa shape index (κ3) is 10.9. The second-order valence-corrected chi connectivity index (χ2v) is 3.42. The Hall–Kier alpha value is -1.03. The molecule has 0 radical (unpaired) electrons. The van der Waals surface area contributed by atoms with Crippen molar-refractivity contribution in [3.63, 3.8) is 0 Å². The summed E-state index contributed by atoms with van der Waals surface area (Å²) >= 11 is 0. The van der Waals surface area contributed by atoms with Crippen molar-refractivity contribution in [2.45, 2.75) is 20.8 Å². The summed E-state index contributed by atoms with van der Waals surface area (Å²) in [4.78, 5) is 9.38. The number of carboxylic acid groups (broad SMARTS) is 1. The maximum Gasteiger partial charge on any atom is 0.252 e. The number of carbonyl (C=O) groups excluding carboxylic acids is 1. The molecule has 90 valence electrons. The van der Waals surface area contributed by atoms with E-state index in [4.69, 9.17) is 0 Å². The van der Waals surface area contributed by atoms with E-state index in [0.717, 1.165) is 0 Å². The van der Waals surface area contributed by atoms with Crippen LogP contribution in [0.1, 0.15) is 20.8 Å². The highest BCUT2D eigenvalue weighted by Crippen LogP contribution is 1.97. The summed E-state index contributed by atoms with van der Waals surface area (Å²) in [5, 5.41) is 9.38. The van der Waals surface area contributed by atoms with Gasteiger partial charge in [-0.25, -0.2) is 0 Å². The quantitative estimate of drug-likeness (QED) is 0.392. The minimum Gasteiger partial charge on any atom is -0.546 e. The highest BCUT2D eigenvalue weighted by atomic mass is 16.7. The molecule has 0 aromatic rings. The molecule has 4 nitrogen and oxygen atoms in total. The molecule has 15 heavy (non-hydrogen) atoms. The molecule has 0 heterocycles. The lowest BCUT2D eigenvalue weighted by Gasteiger charge is -2.30. The van der Waals surface area contributed by atoms with Gasteiger partial charge < -0.3 is 19.1 Å². The lowest BCUT2D eigenvalue weighted by atomic mass is 10.4. The van der Waals surface area contributed by atoms with Crippen LogP contribution in [0, 0.1) is 0 Å². The normalized spacial score (nSPS) is 9.87. The Bertz CT molecular complexity index is 168. The topological polar surface area (TPSA) is 49.4 Å². The fraction of sp³-hybridized carbons (Fsp3) is 0.727. The van der Waals surface area contributed by atoms with Crippen molar-refractivity contribution in [2.24, 2.45) is 0 Å². The highest BCUT2D eigenvalue weighted by molar-refractivity contribution is 5.54. The summed E-state index contributed by atoms with van der Waals surface area (Å²) in [5.41, 5.74) is 0. The zero-order valence-electron chi connectivity index (χ0n) is 10.3. The van der Waals surface area contributed by atoms with Crippen LogP contribution >= 0.6 is 0 Å². The number of hydrogen-bond acceptors (Lipinski definition) is 3. The van der Waals surface area contributed by atoms with Crippen molar-refractivity contribution in [1.29, 1.82) is 0 Å². The molecule has 0 amide bonds. The van der Waals surface area contributed by atoms with E-state index < -0.39 is 6.16 Å². The van der Waals surface area contributed by atoms with Gasteiger partial charge in [-0.1, -0.05) is 6.08 Å². The Balaban J connectivity index is 0. The third-order valence-electron chi connectivity index (χ3n) is 2.61. The van der Waals surface area contributed by atoms with Gasteiger partial charge in [0.25, 0.3) is 6.16 Å². The van der Waals surface area contributed by atoms with E-state index in [1.807, 2.05) is 0 Å². The molecule has 0 spiro atoms. The fourth-order valence-electron chi connectivity index (χ4n) is 0.798. The first kappa shape index (κ1) is 16.4. The van der Waals surface area contributed by atoms with Crippen molar-refractivity contribution < 1.29 is 19.1 Å². The second-order valence-electron chi connectivity index (χ2n) is 3.42. The molecule has 0 saturated heterocycles. The average Bonchev–Trinajstić information content (AvgIpc) is 2.26. The Kier molecular flexibility index (Phi) is 10.4. The van der Waals surface area contributed by atoms with Crippen LogP contribution in [0.3, 0.4) is 0 Å². The molecule has 0 aliphatic rings. The smallest absolute Gasteiger partial charge is 0.252 e. The number of rotatable bonds is 5. The summed E-state index contributed by atoms with van der Waals surface area (Å²) in [6.07, 6.45) is -0.185. The van der Waals surface area contributed by atoms with Gasteiger partial charge in [-0.15, -0.1) is 6.58 Å². The first-order valence-electron chi connectivity index (χ1n) is 5.23. The SMILES string of the molecule is C=CCOC(=O)[O-].CC[N+](C)(CC)CC. The molecule has 0 aliphatic carbocycles. The summed E-state index contributed by atoms with van der Waals surface area (Å²) in [5.74, 6) is 0. The van der Waals surface area contributed by atoms with Crippen LogP contribution in [0.25, 0.3) is 0 Å². The van der Waals surface area contributed by atoms with Crippen molar-refractivity contribution in [3.05, 3.63) is 12.7 Å². The second kappa shape index (κ2) is 9.52. The van der Waals surface area contributed by atoms with Crippen LogP contribution in [-0.2, 0) is 4.74 Å². The number of carbonyl (C=O) groups is 1. The molecule has 0 bridgehead atoms. The van der Waals surface area contributed by atoms with Gasteiger partial charge in [0.15, 0.2) is 0 Å². The lowest BCUT2D eigenvalue weighted by Crippen LogP contribution is -2.42. The number of quaternary nitrogens is 1. The predicted octanol–water partition coefficient (Wildman–Crippen LogP) is 1.02. The van der Waals surface area contributed by atoms with E-state index in [0.29, 0.717) is 0 Å². The Morgan fingerprint density at radius 1 is 1.33 bits per heavy atom. The molecular weight excluding hydrogens is 194 g/mol. The van der Waals surface area contributed by atoms with Gasteiger partial charge in [-0.2, -0.15) is 0 Å². The number of nitrogens with zero attached hydrogens (tertiary/aromatic N) is 1. The molecule has 0 rings (SSSR count). The monoisotopic (exact) mass is 217 g/mol. The molecule has 0 atom stereocenters. The van der Waals surface area contributed by atoms with Crippen LogP contribution in [0.4, 0.5) is 4.79 Å². The van der Waals surface area contributed by atoms with Gasteiger partial charge in [0.2, 0.25) is 0 Å². The van der Waals surface area contributed by atoms with Gasteiger partial charge in [0.05, 0.1) is 26.7 Å². The van der Waals surface area contributed by atoms with Gasteiger partial charge in [-0.3, -0.25) is 0 Å². The lowest BCUT2D eigenvalue weighted by molar-refractivity contribution is -0.904. The number of ether oxygens (including phenoxy) is 1. The van der Waals surface area contributed by atoms with Gasteiger partial charge in [-0.05, 0) is 20.8 Å². The van der Waals surface area contributed by atoms with Crippen molar-refractivity contribution in [1.82, 2.24) is 0 Å². The molecule has 0 aliphatic heterocycles. The Morgan fingerprint density at radius 3 is 1.80 bits per heavy atom. The van der Waals surface area contributed by atoms with Crippen molar-refractivity contribution in [3.8, 4) is 0 Å². The van der Waals surface area contributed by atoms with Gasteiger partial charge in [0.1, 0.15) is 0 Å². The maximum absolute atomic E-state index is 9.38. The largest absolute Gasteiger partial charge is 0.546 e. The summed E-state index contributed by atoms with van der Waals surface area (Å²) in [6.45, 7) is 13.7. The first-order valence-corrected chi connectivity index (χ1v) is 5.23. The van der Waals surface area contributed by atoms with Crippen LogP contribution in [0.15, 0.2) is 12.7 Å². The fourth-order valence-corrected chi connectivity index (χ4v) is 0.798. The van der Waals surface area contributed by atoms with E-state index in [-0.39, 0.29) is 6.61 Å². The maximum atomic E-state index is 9.38. The number of hydrogen-bond donors (Lipinski definition) is 0. The van der Waals surface area contributed by atoms with Crippen molar-refractivity contribution >= 4 is 6.16 Å². The van der Waals surface area contributed by atoms with E-state index in [1.54, 1.807) is 0 Å². The highest BCUT2D eigenvalue weighted by Gasteiger charge is 2.10. The Labute approximate surface area is 92.7 Å². The first-order chi connectivity index (χ1) is 6.95. The summed E-state index contributed by atoms with van der Waals surface area (Å²) in [6, 6.07) is 0. The zero-order valence-corrected chi connectivity index (χ0v) is 10.3. The molecule has 4 heteroatoms. The minimum atomic E-state index is -1.51. The van der Waals surface area contributed by atoms with Gasteiger partial charge >= 0.3 is 0 Å². The molecule has 0 saturated carbocycles. The van der Waals surface area contributed by atoms with Crippen LogP contribution in [0.5, 0.6) is 0 Å². The van der Waals surface area contributed by atoms with Gasteiger partial charge in [0, 0.05) is 6.61 Å². The standard InChI is InChI=1S/C7H18N.C4H6O3/c1-5-8(4,6-2)7-3;1-2-3-7-4(5)6/h5-7H2,1-4H3;2H,1,3H2,(H,5,6)/q+1;/p-1. The van der Waals surface area contributed by atoms with Crippen LogP contribution < -0.4 is 5.11 Å². The van der Waals surface area contributed by atoms with Crippen LogP contribution in [-0.4, -0.2) is 43.9 Å². The molecule has 0 aromatic carbocycles. The Morgan fingerprint density at radius 2 is 1.73 bits per heavy atom. The van der Waals surface area contributed by atoms with Crippen molar-refractivity contribution in [2.75, 3.05) is 33.3 Å². The molecule has 0 aromatic heterocycles. The van der Waals surface area contributed by atoms with E-state index in [1.165, 1.54) is 30.2 Å².